The fourth-order valence-corrected chi connectivity index (χ4v) is 2.23. The first kappa shape index (κ1) is 10.7. The molecule has 1 aromatic rings. The number of rotatable bonds is 1. The zero-order valence-corrected chi connectivity index (χ0v) is 10.1. The average Bonchev–Trinajstić information content (AvgIpc) is 2.70. The highest BCUT2D eigenvalue weighted by Crippen LogP contribution is 2.35. The topological polar surface area (TPSA) is 33.0 Å². The lowest BCUT2D eigenvalue weighted by Gasteiger charge is -2.14. The predicted molar refractivity (Wildman–Crippen MR) is 61.3 cm³/mol. The van der Waals surface area contributed by atoms with Gasteiger partial charge >= 0.3 is 0 Å². The van der Waals surface area contributed by atoms with Crippen molar-refractivity contribution >= 4 is 15.9 Å². The molecule has 0 saturated carbocycles. The minimum absolute atomic E-state index is 0.000365. The third-order valence-electron chi connectivity index (χ3n) is 2.78. The second-order valence-electron chi connectivity index (χ2n) is 3.82. The van der Waals surface area contributed by atoms with Gasteiger partial charge in [-0.1, -0.05) is 28.1 Å². The van der Waals surface area contributed by atoms with Gasteiger partial charge in [0.25, 0.3) is 0 Å². The third kappa shape index (κ3) is 2.06. The Kier molecular flexibility index (Phi) is 3.08. The molecule has 1 saturated heterocycles. The van der Waals surface area contributed by atoms with Crippen LogP contribution in [0.15, 0.2) is 22.7 Å². The summed E-state index contributed by atoms with van der Waals surface area (Å²) < 4.78 is 6.67. The van der Waals surface area contributed by atoms with Crippen molar-refractivity contribution in [2.75, 3.05) is 6.61 Å². The largest absolute Gasteiger partial charge is 0.372 e. The highest BCUT2D eigenvalue weighted by atomic mass is 79.9. The van der Waals surface area contributed by atoms with Crippen LogP contribution in [0.5, 0.6) is 0 Å². The Morgan fingerprint density at radius 2 is 2.33 bits per heavy atom. The molecule has 1 heterocycles. The van der Waals surface area contributed by atoms with Crippen LogP contribution < -0.4 is 0 Å². The fourth-order valence-electron chi connectivity index (χ4n) is 1.84. The van der Waals surface area contributed by atoms with E-state index in [2.05, 4.69) is 34.1 Å². The summed E-state index contributed by atoms with van der Waals surface area (Å²) in [5, 5.41) is 8.98. The average molecular weight is 266 g/mol. The van der Waals surface area contributed by atoms with Gasteiger partial charge in [-0.3, -0.25) is 0 Å². The van der Waals surface area contributed by atoms with Crippen molar-refractivity contribution in [3.8, 4) is 6.07 Å². The number of ether oxygens (including phenoxy) is 1. The van der Waals surface area contributed by atoms with Crippen molar-refractivity contribution in [1.82, 2.24) is 0 Å². The Hall–Kier alpha value is -0.850. The van der Waals surface area contributed by atoms with E-state index in [0.29, 0.717) is 6.61 Å². The number of hydrogen-bond donors (Lipinski definition) is 0. The second kappa shape index (κ2) is 4.34. The van der Waals surface area contributed by atoms with Gasteiger partial charge in [0.2, 0.25) is 0 Å². The molecule has 1 aliphatic rings. The van der Waals surface area contributed by atoms with E-state index in [4.69, 9.17) is 10.00 Å². The molecular weight excluding hydrogens is 254 g/mol. The van der Waals surface area contributed by atoms with Crippen LogP contribution in [0.3, 0.4) is 0 Å². The van der Waals surface area contributed by atoms with Gasteiger partial charge in [0.1, 0.15) is 0 Å². The van der Waals surface area contributed by atoms with Gasteiger partial charge in [0.15, 0.2) is 0 Å². The van der Waals surface area contributed by atoms with E-state index >= 15 is 0 Å². The van der Waals surface area contributed by atoms with Crippen molar-refractivity contribution in [3.63, 3.8) is 0 Å². The van der Waals surface area contributed by atoms with E-state index in [1.54, 1.807) is 0 Å². The molecule has 15 heavy (non-hydrogen) atoms. The first-order chi connectivity index (χ1) is 7.22. The van der Waals surface area contributed by atoms with Crippen LogP contribution in [0.4, 0.5) is 0 Å². The molecule has 0 radical (unpaired) electrons. The van der Waals surface area contributed by atoms with Gasteiger partial charge in [0, 0.05) is 11.1 Å². The smallest absolute Gasteiger partial charge is 0.0984 e. The predicted octanol–water partition coefficient (Wildman–Crippen LogP) is 3.36. The van der Waals surface area contributed by atoms with Gasteiger partial charge in [-0.05, 0) is 30.5 Å². The van der Waals surface area contributed by atoms with E-state index in [1.165, 1.54) is 5.56 Å². The summed E-state index contributed by atoms with van der Waals surface area (Å²) in [6.45, 7) is 2.74. The van der Waals surface area contributed by atoms with E-state index in [9.17, 15) is 0 Å². The summed E-state index contributed by atoms with van der Waals surface area (Å²) >= 11 is 3.50. The summed E-state index contributed by atoms with van der Waals surface area (Å²) in [5.74, 6) is -0.000365. The molecule has 0 spiro atoms. The molecule has 2 unspecified atom stereocenters. The van der Waals surface area contributed by atoms with Crippen molar-refractivity contribution in [2.24, 2.45) is 5.92 Å². The van der Waals surface area contributed by atoms with Crippen molar-refractivity contribution in [3.05, 3.63) is 33.8 Å². The summed E-state index contributed by atoms with van der Waals surface area (Å²) in [6, 6.07) is 8.45. The zero-order valence-electron chi connectivity index (χ0n) is 8.53. The zero-order chi connectivity index (χ0) is 10.8. The van der Waals surface area contributed by atoms with E-state index in [1.807, 2.05) is 13.0 Å². The lowest BCUT2D eigenvalue weighted by atomic mass is 9.96. The number of nitrogens with zero attached hydrogens (tertiary/aromatic N) is 1. The van der Waals surface area contributed by atoms with Gasteiger partial charge < -0.3 is 4.74 Å². The number of hydrogen-bond acceptors (Lipinski definition) is 2. The Morgan fingerprint density at radius 1 is 1.53 bits per heavy atom. The minimum Gasteiger partial charge on any atom is -0.372 e. The van der Waals surface area contributed by atoms with E-state index < -0.39 is 0 Å². The Labute approximate surface area is 98.0 Å². The summed E-state index contributed by atoms with van der Waals surface area (Å²) in [7, 11) is 0. The molecule has 0 amide bonds. The molecule has 3 heteroatoms. The van der Waals surface area contributed by atoms with Crippen LogP contribution in [0.2, 0.25) is 0 Å². The van der Waals surface area contributed by atoms with E-state index in [-0.39, 0.29) is 12.0 Å². The van der Waals surface area contributed by atoms with Crippen molar-refractivity contribution in [2.45, 2.75) is 19.4 Å². The minimum atomic E-state index is -0.0492. The van der Waals surface area contributed by atoms with Crippen LogP contribution >= 0.6 is 15.9 Å². The molecule has 0 aromatic heterocycles. The molecule has 1 aromatic carbocycles. The molecule has 1 fully saturated rings. The first-order valence-corrected chi connectivity index (χ1v) is 5.79. The monoisotopic (exact) mass is 265 g/mol. The highest BCUT2D eigenvalue weighted by Gasteiger charge is 2.29. The summed E-state index contributed by atoms with van der Waals surface area (Å²) in [5.41, 5.74) is 2.29. The standard InChI is InChI=1S/C12H12BrNO/c1-8-2-3-9(6-11(8)13)12-10(7-14)4-5-15-12/h2-3,6,10,12H,4-5H2,1H3. The second-order valence-corrected chi connectivity index (χ2v) is 4.68. The molecule has 78 valence electrons. The molecule has 0 N–H and O–H groups in total. The maximum atomic E-state index is 8.98. The van der Waals surface area contributed by atoms with Crippen LogP contribution in [0, 0.1) is 24.2 Å². The number of aryl methyl sites for hydroxylation is 1. The molecule has 0 bridgehead atoms. The number of halogens is 1. The van der Waals surface area contributed by atoms with Crippen molar-refractivity contribution in [1.29, 1.82) is 5.26 Å². The summed E-state index contributed by atoms with van der Waals surface area (Å²) in [6.07, 6.45) is 0.791. The fraction of sp³-hybridized carbons (Fsp3) is 0.417. The van der Waals surface area contributed by atoms with Gasteiger partial charge in [0.05, 0.1) is 18.1 Å². The molecule has 2 nitrogen and oxygen atoms in total. The van der Waals surface area contributed by atoms with Crippen LogP contribution in [-0.4, -0.2) is 6.61 Å². The quantitative estimate of drug-likeness (QED) is 0.780. The third-order valence-corrected chi connectivity index (χ3v) is 3.64. The highest BCUT2D eigenvalue weighted by molar-refractivity contribution is 9.10. The van der Waals surface area contributed by atoms with E-state index in [0.717, 1.165) is 16.5 Å². The normalized spacial score (nSPS) is 25.1. The first-order valence-electron chi connectivity index (χ1n) is 4.99. The molecule has 2 rings (SSSR count). The maximum Gasteiger partial charge on any atom is 0.0984 e. The van der Waals surface area contributed by atoms with Crippen LogP contribution in [-0.2, 0) is 4.74 Å². The lowest BCUT2D eigenvalue weighted by molar-refractivity contribution is 0.101. The molecule has 1 aliphatic heterocycles. The maximum absolute atomic E-state index is 8.98. The molecule has 0 aliphatic carbocycles. The molecular formula is C12H12BrNO. The van der Waals surface area contributed by atoms with Gasteiger partial charge in [-0.15, -0.1) is 0 Å². The number of benzene rings is 1. The Morgan fingerprint density at radius 3 is 3.00 bits per heavy atom. The number of nitriles is 1. The van der Waals surface area contributed by atoms with Gasteiger partial charge in [-0.2, -0.15) is 5.26 Å². The van der Waals surface area contributed by atoms with Crippen molar-refractivity contribution < 1.29 is 4.74 Å². The SMILES string of the molecule is Cc1ccc(C2OCCC2C#N)cc1Br. The van der Waals surface area contributed by atoms with Gasteiger partial charge in [-0.25, -0.2) is 0 Å². The van der Waals surface area contributed by atoms with Crippen LogP contribution in [0.1, 0.15) is 23.7 Å². The summed E-state index contributed by atoms with van der Waals surface area (Å²) in [4.78, 5) is 0. The Balaban J connectivity index is 2.30. The lowest BCUT2D eigenvalue weighted by Crippen LogP contribution is -2.05. The Bertz CT molecular complexity index is 411. The molecule has 2 atom stereocenters. The van der Waals surface area contributed by atoms with Crippen LogP contribution in [0.25, 0.3) is 0 Å².